The van der Waals surface area contributed by atoms with E-state index in [-0.39, 0.29) is 44.2 Å². The molecule has 0 radical (unpaired) electrons. The Morgan fingerprint density at radius 2 is 1.84 bits per heavy atom. The summed E-state index contributed by atoms with van der Waals surface area (Å²) in [4.78, 5) is 20.2. The average molecular weight is 462 g/mol. The Hall–Kier alpha value is -3.18. The first-order chi connectivity index (χ1) is 15.3. The van der Waals surface area contributed by atoms with Gasteiger partial charge in [-0.05, 0) is 43.2 Å². The summed E-state index contributed by atoms with van der Waals surface area (Å²) in [6.07, 6.45) is 0.380. The largest absolute Gasteiger partial charge is 0.457 e. The van der Waals surface area contributed by atoms with Crippen LogP contribution in [-0.4, -0.2) is 41.7 Å². The molecule has 0 atom stereocenters. The first kappa shape index (κ1) is 22.0. The number of aromatic nitrogens is 2. The van der Waals surface area contributed by atoms with Gasteiger partial charge in [0.15, 0.2) is 12.4 Å². The number of sulfonamides is 1. The quantitative estimate of drug-likeness (QED) is 0.580. The van der Waals surface area contributed by atoms with Crippen molar-refractivity contribution in [2.45, 2.75) is 24.3 Å². The number of ether oxygens (including phenoxy) is 1. The van der Waals surface area contributed by atoms with Gasteiger partial charge in [0.05, 0.1) is 11.4 Å². The third kappa shape index (κ3) is 4.39. The number of carbonyl (C=O) groups is 1. The summed E-state index contributed by atoms with van der Waals surface area (Å²) in [7, 11) is -4.21. The Bertz CT molecular complexity index is 1280. The van der Waals surface area contributed by atoms with E-state index in [1.807, 2.05) is 12.1 Å². The lowest BCUT2D eigenvalue weighted by Gasteiger charge is -2.30. The lowest BCUT2D eigenvalue weighted by molar-refractivity contribution is -0.151. The predicted molar refractivity (Wildman–Crippen MR) is 112 cm³/mol. The van der Waals surface area contributed by atoms with Crippen LogP contribution in [0.5, 0.6) is 0 Å². The van der Waals surface area contributed by atoms with E-state index >= 15 is 0 Å². The number of hydrogen-bond donors (Lipinski definition) is 1. The number of fused-ring (bicyclic) bond motifs is 1. The molecule has 3 aromatic rings. The highest BCUT2D eigenvalue weighted by Crippen LogP contribution is 2.27. The third-order valence-corrected chi connectivity index (χ3v) is 7.23. The monoisotopic (exact) mass is 462 g/mol. The molecule has 1 saturated heterocycles. The van der Waals surface area contributed by atoms with Gasteiger partial charge in [-0.25, -0.2) is 27.2 Å². The molecule has 0 amide bonds. The van der Waals surface area contributed by atoms with Crippen molar-refractivity contribution in [3.63, 3.8) is 0 Å². The number of nitrogens with zero attached hydrogens (tertiary/aromatic N) is 3. The topological polar surface area (TPSA) is 115 Å². The van der Waals surface area contributed by atoms with E-state index in [0.29, 0.717) is 17.0 Å². The van der Waals surface area contributed by atoms with Crippen LogP contribution in [-0.2, 0) is 26.2 Å². The van der Waals surface area contributed by atoms with E-state index in [4.69, 9.17) is 10.5 Å². The van der Waals surface area contributed by atoms with Crippen LogP contribution in [0.3, 0.4) is 0 Å². The predicted octanol–water partition coefficient (Wildman–Crippen LogP) is 2.63. The molecule has 0 bridgehead atoms. The molecule has 1 fully saturated rings. The van der Waals surface area contributed by atoms with E-state index in [0.717, 1.165) is 16.4 Å². The highest BCUT2D eigenvalue weighted by molar-refractivity contribution is 7.89. The van der Waals surface area contributed by atoms with Crippen molar-refractivity contribution in [1.29, 1.82) is 0 Å². The number of rotatable bonds is 5. The molecule has 2 heterocycles. The number of para-hydroxylation sites is 1. The zero-order valence-electron chi connectivity index (χ0n) is 16.9. The fraction of sp³-hybridized carbons (Fsp3) is 0.286. The number of nitrogen functional groups attached to an aromatic ring is 1. The molecule has 1 aromatic heterocycles. The Kier molecular flexibility index (Phi) is 6.02. The molecule has 8 nitrogen and oxygen atoms in total. The average Bonchev–Trinajstić information content (AvgIpc) is 2.79. The molecule has 0 aliphatic carbocycles. The van der Waals surface area contributed by atoms with Crippen LogP contribution in [0.15, 0.2) is 47.4 Å². The van der Waals surface area contributed by atoms with Gasteiger partial charge in [0.1, 0.15) is 22.3 Å². The standard InChI is InChI=1S/C21H20F2N4O4S/c22-14-5-6-16(23)18(11-14)32(29,30)27-9-7-13(8-10-27)21(28)31-12-19-25-17-4-2-1-3-15(17)20(24)26-19/h1-6,11,13H,7-10,12H2,(H2,24,25,26). The molecule has 0 saturated carbocycles. The van der Waals surface area contributed by atoms with Crippen molar-refractivity contribution in [3.8, 4) is 0 Å². The molecule has 0 unspecified atom stereocenters. The van der Waals surface area contributed by atoms with Crippen molar-refractivity contribution in [3.05, 3.63) is 59.9 Å². The maximum Gasteiger partial charge on any atom is 0.309 e. The Labute approximate surface area is 183 Å². The van der Waals surface area contributed by atoms with E-state index in [2.05, 4.69) is 9.97 Å². The second kappa shape index (κ2) is 8.75. The minimum atomic E-state index is -4.21. The number of anilines is 1. The lowest BCUT2D eigenvalue weighted by atomic mass is 9.98. The molecule has 2 aromatic carbocycles. The fourth-order valence-electron chi connectivity index (χ4n) is 3.61. The zero-order valence-corrected chi connectivity index (χ0v) is 17.7. The van der Waals surface area contributed by atoms with Crippen molar-refractivity contribution in [2.24, 2.45) is 5.92 Å². The van der Waals surface area contributed by atoms with Gasteiger partial charge in [-0.15, -0.1) is 0 Å². The maximum absolute atomic E-state index is 13.9. The summed E-state index contributed by atoms with van der Waals surface area (Å²) < 4.78 is 59.0. The number of piperidine rings is 1. The second-order valence-electron chi connectivity index (χ2n) is 7.40. The van der Waals surface area contributed by atoms with Crippen molar-refractivity contribution in [1.82, 2.24) is 14.3 Å². The van der Waals surface area contributed by atoms with E-state index in [1.165, 1.54) is 0 Å². The number of nitrogens with two attached hydrogens (primary N) is 1. The molecule has 4 rings (SSSR count). The summed E-state index contributed by atoms with van der Waals surface area (Å²) in [6.45, 7) is -0.199. The number of benzene rings is 2. The van der Waals surface area contributed by atoms with Crippen LogP contribution in [0.25, 0.3) is 10.9 Å². The maximum atomic E-state index is 13.9. The SMILES string of the molecule is Nc1nc(COC(=O)C2CCN(S(=O)(=O)c3cc(F)ccc3F)CC2)nc2ccccc12. The first-order valence-electron chi connectivity index (χ1n) is 9.88. The fourth-order valence-corrected chi connectivity index (χ4v) is 5.16. The second-order valence-corrected chi connectivity index (χ2v) is 9.31. The zero-order chi connectivity index (χ0) is 22.9. The van der Waals surface area contributed by atoms with Gasteiger partial charge in [-0.3, -0.25) is 4.79 Å². The van der Waals surface area contributed by atoms with Gasteiger partial charge in [0.25, 0.3) is 0 Å². The van der Waals surface area contributed by atoms with Crippen LogP contribution in [0.1, 0.15) is 18.7 Å². The molecule has 32 heavy (non-hydrogen) atoms. The molecule has 168 valence electrons. The molecule has 1 aliphatic heterocycles. The summed E-state index contributed by atoms with van der Waals surface area (Å²) in [5, 5.41) is 0.700. The highest BCUT2D eigenvalue weighted by Gasteiger charge is 2.34. The van der Waals surface area contributed by atoms with Crippen LogP contribution < -0.4 is 5.73 Å². The summed E-state index contributed by atoms with van der Waals surface area (Å²) in [5.74, 6) is -2.37. The Morgan fingerprint density at radius 3 is 2.59 bits per heavy atom. The van der Waals surface area contributed by atoms with Crippen LogP contribution in [0, 0.1) is 17.6 Å². The van der Waals surface area contributed by atoms with Crippen molar-refractivity contribution in [2.75, 3.05) is 18.8 Å². The number of carbonyl (C=O) groups excluding carboxylic acids is 1. The van der Waals surface area contributed by atoms with Crippen LogP contribution in [0.4, 0.5) is 14.6 Å². The molecule has 0 spiro atoms. The molecular weight excluding hydrogens is 442 g/mol. The van der Waals surface area contributed by atoms with Gasteiger partial charge >= 0.3 is 5.97 Å². The molecule has 2 N–H and O–H groups in total. The van der Waals surface area contributed by atoms with Gasteiger partial charge in [-0.2, -0.15) is 4.31 Å². The first-order valence-corrected chi connectivity index (χ1v) is 11.3. The van der Waals surface area contributed by atoms with Crippen LogP contribution in [0.2, 0.25) is 0 Å². The lowest BCUT2D eigenvalue weighted by Crippen LogP contribution is -2.40. The summed E-state index contributed by atoms with van der Waals surface area (Å²) in [6, 6.07) is 9.46. The van der Waals surface area contributed by atoms with E-state index in [9.17, 15) is 22.0 Å². The normalized spacial score (nSPS) is 15.7. The molecular formula is C21H20F2N4O4S. The van der Waals surface area contributed by atoms with E-state index in [1.54, 1.807) is 12.1 Å². The number of halogens is 2. The summed E-state index contributed by atoms with van der Waals surface area (Å²) >= 11 is 0. The smallest absolute Gasteiger partial charge is 0.309 e. The number of esters is 1. The minimum absolute atomic E-state index is 0.0164. The number of hydrogen-bond acceptors (Lipinski definition) is 7. The molecule has 11 heteroatoms. The van der Waals surface area contributed by atoms with Gasteiger partial charge in [0, 0.05) is 18.5 Å². The Morgan fingerprint density at radius 1 is 1.12 bits per heavy atom. The molecule has 1 aliphatic rings. The van der Waals surface area contributed by atoms with E-state index < -0.39 is 38.4 Å². The van der Waals surface area contributed by atoms with Gasteiger partial charge in [0.2, 0.25) is 10.0 Å². The third-order valence-electron chi connectivity index (χ3n) is 5.32. The van der Waals surface area contributed by atoms with Crippen LogP contribution >= 0.6 is 0 Å². The highest BCUT2D eigenvalue weighted by atomic mass is 32.2. The summed E-state index contributed by atoms with van der Waals surface area (Å²) in [5.41, 5.74) is 6.56. The van der Waals surface area contributed by atoms with Crippen molar-refractivity contribution >= 4 is 32.7 Å². The van der Waals surface area contributed by atoms with Gasteiger partial charge in [-0.1, -0.05) is 12.1 Å². The van der Waals surface area contributed by atoms with Gasteiger partial charge < -0.3 is 10.5 Å². The van der Waals surface area contributed by atoms with Crippen molar-refractivity contribution < 1.29 is 26.7 Å². The minimum Gasteiger partial charge on any atom is -0.457 e. The Balaban J connectivity index is 1.37.